The smallest absolute Gasteiger partial charge is 0.266 e. The minimum absolute atomic E-state index is 0.126. The Bertz CT molecular complexity index is 829. The van der Waals surface area contributed by atoms with E-state index < -0.39 is 0 Å². The van der Waals surface area contributed by atoms with Gasteiger partial charge in [0.2, 0.25) is 11.0 Å². The fraction of sp³-hybridized carbons (Fsp3) is 0.267. The third kappa shape index (κ3) is 4.33. The maximum Gasteiger partial charge on any atom is 0.266 e. The number of furan rings is 1. The predicted octanol–water partition coefficient (Wildman–Crippen LogP) is 2.92. The summed E-state index contributed by atoms with van der Waals surface area (Å²) in [6.45, 7) is 2.18. The molecule has 0 aliphatic carbocycles. The molecule has 1 aliphatic rings. The van der Waals surface area contributed by atoms with Gasteiger partial charge in [0.1, 0.15) is 15.1 Å². The van der Waals surface area contributed by atoms with Crippen LogP contribution in [0.4, 0.5) is 5.13 Å². The summed E-state index contributed by atoms with van der Waals surface area (Å²) in [5.74, 6) is 0.132. The van der Waals surface area contributed by atoms with Gasteiger partial charge in [-0.25, -0.2) is 0 Å². The van der Waals surface area contributed by atoms with Gasteiger partial charge in [-0.2, -0.15) is 0 Å². The molecule has 0 aromatic carbocycles. The van der Waals surface area contributed by atoms with Crippen molar-refractivity contribution in [2.24, 2.45) is 0 Å². The van der Waals surface area contributed by atoms with Gasteiger partial charge in [-0.05, 0) is 18.6 Å². The second kappa shape index (κ2) is 7.89. The molecule has 1 N–H and O–H groups in total. The Hall–Kier alpha value is -2.04. The standard InChI is InChI=1S/C15H14N4O3S3/c1-2-12-17-18-14(25-12)16-11(20)5-6-19-13(21)10(24-15(19)23)8-9-4-3-7-22-9/h3-4,7-8H,2,5-6H2,1H3,(H,16,18,20)/b10-8+. The molecule has 3 heterocycles. The summed E-state index contributed by atoms with van der Waals surface area (Å²) in [7, 11) is 0. The van der Waals surface area contributed by atoms with Gasteiger partial charge in [0.25, 0.3) is 5.91 Å². The van der Waals surface area contributed by atoms with Gasteiger partial charge in [0.05, 0.1) is 11.2 Å². The van der Waals surface area contributed by atoms with E-state index in [2.05, 4.69) is 15.5 Å². The molecule has 130 valence electrons. The van der Waals surface area contributed by atoms with E-state index in [9.17, 15) is 9.59 Å². The quantitative estimate of drug-likeness (QED) is 0.595. The zero-order valence-electron chi connectivity index (χ0n) is 13.2. The Balaban J connectivity index is 1.56. The summed E-state index contributed by atoms with van der Waals surface area (Å²) in [4.78, 5) is 26.3. The highest BCUT2D eigenvalue weighted by Crippen LogP contribution is 2.32. The van der Waals surface area contributed by atoms with Crippen LogP contribution in [-0.4, -0.2) is 37.8 Å². The van der Waals surface area contributed by atoms with E-state index in [4.69, 9.17) is 16.6 Å². The fourth-order valence-electron chi connectivity index (χ4n) is 2.04. The van der Waals surface area contributed by atoms with Crippen LogP contribution in [0, 0.1) is 0 Å². The second-order valence-electron chi connectivity index (χ2n) is 5.00. The summed E-state index contributed by atoms with van der Waals surface area (Å²) >= 11 is 7.77. The van der Waals surface area contributed by atoms with E-state index in [1.807, 2.05) is 6.92 Å². The zero-order valence-corrected chi connectivity index (χ0v) is 15.7. The molecule has 0 radical (unpaired) electrons. The first-order valence-corrected chi connectivity index (χ1v) is 9.52. The van der Waals surface area contributed by atoms with Crippen molar-refractivity contribution in [3.8, 4) is 0 Å². The van der Waals surface area contributed by atoms with Gasteiger partial charge in [0.15, 0.2) is 0 Å². The number of hydrogen-bond acceptors (Lipinski definition) is 8. The lowest BCUT2D eigenvalue weighted by Gasteiger charge is -2.13. The second-order valence-corrected chi connectivity index (χ2v) is 7.74. The Labute approximate surface area is 157 Å². The monoisotopic (exact) mass is 394 g/mol. The molecule has 7 nitrogen and oxygen atoms in total. The molecule has 10 heteroatoms. The Morgan fingerprint density at radius 3 is 3.00 bits per heavy atom. The number of aryl methyl sites for hydroxylation is 1. The number of carbonyl (C=O) groups is 2. The lowest BCUT2D eigenvalue weighted by Crippen LogP contribution is -2.31. The molecule has 2 aromatic rings. The molecule has 2 aromatic heterocycles. The third-order valence-electron chi connectivity index (χ3n) is 3.27. The molecule has 2 amide bonds. The molecule has 0 unspecified atom stereocenters. The molecule has 1 saturated heterocycles. The molecule has 0 saturated carbocycles. The van der Waals surface area contributed by atoms with Crippen LogP contribution in [0.1, 0.15) is 24.1 Å². The molecular weight excluding hydrogens is 380 g/mol. The van der Waals surface area contributed by atoms with E-state index in [-0.39, 0.29) is 24.8 Å². The number of aromatic nitrogens is 2. The van der Waals surface area contributed by atoms with Crippen molar-refractivity contribution in [2.75, 3.05) is 11.9 Å². The minimum atomic E-state index is -0.233. The highest BCUT2D eigenvalue weighted by atomic mass is 32.2. The molecular formula is C15H14N4O3S3. The van der Waals surface area contributed by atoms with Crippen molar-refractivity contribution in [1.82, 2.24) is 15.1 Å². The lowest BCUT2D eigenvalue weighted by atomic mass is 10.3. The Morgan fingerprint density at radius 2 is 2.32 bits per heavy atom. The van der Waals surface area contributed by atoms with Crippen molar-refractivity contribution < 1.29 is 14.0 Å². The fourth-order valence-corrected chi connectivity index (χ4v) is 4.02. The largest absolute Gasteiger partial charge is 0.465 e. The van der Waals surface area contributed by atoms with Crippen LogP contribution in [0.25, 0.3) is 6.08 Å². The topological polar surface area (TPSA) is 88.3 Å². The van der Waals surface area contributed by atoms with Crippen LogP contribution >= 0.6 is 35.3 Å². The van der Waals surface area contributed by atoms with Crippen LogP contribution in [0.3, 0.4) is 0 Å². The first kappa shape index (κ1) is 17.8. The molecule has 0 atom stereocenters. The number of nitrogens with zero attached hydrogens (tertiary/aromatic N) is 3. The van der Waals surface area contributed by atoms with E-state index in [1.54, 1.807) is 18.2 Å². The number of anilines is 1. The van der Waals surface area contributed by atoms with Crippen LogP contribution in [0.5, 0.6) is 0 Å². The lowest BCUT2D eigenvalue weighted by molar-refractivity contribution is -0.122. The van der Waals surface area contributed by atoms with Crippen molar-refractivity contribution >= 4 is 62.7 Å². The van der Waals surface area contributed by atoms with E-state index in [0.29, 0.717) is 20.1 Å². The summed E-state index contributed by atoms with van der Waals surface area (Å²) in [6.07, 6.45) is 4.08. The van der Waals surface area contributed by atoms with Gasteiger partial charge < -0.3 is 9.73 Å². The summed E-state index contributed by atoms with van der Waals surface area (Å²) < 4.78 is 5.64. The summed E-state index contributed by atoms with van der Waals surface area (Å²) in [6, 6.07) is 3.50. The summed E-state index contributed by atoms with van der Waals surface area (Å²) in [5, 5.41) is 11.8. The predicted molar refractivity (Wildman–Crippen MR) is 101 cm³/mol. The molecule has 0 bridgehead atoms. The van der Waals surface area contributed by atoms with Gasteiger partial charge in [-0.15, -0.1) is 10.2 Å². The van der Waals surface area contributed by atoms with Gasteiger partial charge >= 0.3 is 0 Å². The number of amides is 2. The maximum atomic E-state index is 12.4. The van der Waals surface area contributed by atoms with Crippen molar-refractivity contribution in [2.45, 2.75) is 19.8 Å². The average molecular weight is 395 g/mol. The van der Waals surface area contributed by atoms with Crippen LogP contribution in [-0.2, 0) is 16.0 Å². The molecule has 1 aliphatic heterocycles. The van der Waals surface area contributed by atoms with Crippen LogP contribution < -0.4 is 5.32 Å². The minimum Gasteiger partial charge on any atom is -0.465 e. The highest BCUT2D eigenvalue weighted by molar-refractivity contribution is 8.26. The number of carbonyl (C=O) groups excluding carboxylic acids is 2. The van der Waals surface area contributed by atoms with E-state index >= 15 is 0 Å². The number of thioether (sulfide) groups is 1. The third-order valence-corrected chi connectivity index (χ3v) is 5.63. The SMILES string of the molecule is CCc1nnc(NC(=O)CCN2C(=O)/C(=C\c3ccco3)SC2=S)s1. The Morgan fingerprint density at radius 1 is 1.48 bits per heavy atom. The normalized spacial score (nSPS) is 16.0. The molecule has 25 heavy (non-hydrogen) atoms. The number of thiocarbonyl (C=S) groups is 1. The van der Waals surface area contributed by atoms with Crippen molar-refractivity contribution in [3.05, 3.63) is 34.1 Å². The van der Waals surface area contributed by atoms with Crippen molar-refractivity contribution in [3.63, 3.8) is 0 Å². The Kier molecular flexibility index (Phi) is 5.61. The first-order chi connectivity index (χ1) is 12.1. The van der Waals surface area contributed by atoms with Gasteiger partial charge in [-0.3, -0.25) is 14.5 Å². The number of nitrogens with one attached hydrogen (secondary N) is 1. The van der Waals surface area contributed by atoms with Crippen molar-refractivity contribution in [1.29, 1.82) is 0 Å². The van der Waals surface area contributed by atoms with Gasteiger partial charge in [0, 0.05) is 19.0 Å². The van der Waals surface area contributed by atoms with Gasteiger partial charge in [-0.1, -0.05) is 42.2 Å². The van der Waals surface area contributed by atoms with Crippen LogP contribution in [0.2, 0.25) is 0 Å². The highest BCUT2D eigenvalue weighted by Gasteiger charge is 2.32. The molecule has 3 rings (SSSR count). The first-order valence-electron chi connectivity index (χ1n) is 7.48. The molecule has 0 spiro atoms. The summed E-state index contributed by atoms with van der Waals surface area (Å²) in [5.41, 5.74) is 0. The van der Waals surface area contributed by atoms with E-state index in [1.165, 1.54) is 34.3 Å². The maximum absolute atomic E-state index is 12.4. The molecule has 1 fully saturated rings. The zero-order chi connectivity index (χ0) is 17.8. The van der Waals surface area contributed by atoms with E-state index in [0.717, 1.165) is 11.4 Å². The van der Waals surface area contributed by atoms with Crippen LogP contribution in [0.15, 0.2) is 27.7 Å². The number of rotatable bonds is 6. The number of hydrogen-bond donors (Lipinski definition) is 1. The average Bonchev–Trinajstić information content (AvgIpc) is 3.30.